The molecule has 2 nitrogen and oxygen atoms in total. The van der Waals surface area contributed by atoms with Crippen LogP contribution in [0.2, 0.25) is 0 Å². The van der Waals surface area contributed by atoms with Gasteiger partial charge in [-0.05, 0) is 43.9 Å². The molecular weight excluding hydrogens is 224 g/mol. The molecule has 2 aliphatic rings. The van der Waals surface area contributed by atoms with Gasteiger partial charge < -0.3 is 4.74 Å². The largest absolute Gasteiger partial charge is 0.462 e. The Morgan fingerprint density at radius 3 is 2.33 bits per heavy atom. The van der Waals surface area contributed by atoms with E-state index in [1.807, 2.05) is 0 Å². The third kappa shape index (κ3) is 3.27. The average molecular weight is 252 g/mol. The van der Waals surface area contributed by atoms with Gasteiger partial charge in [0.05, 0.1) is 5.92 Å². The van der Waals surface area contributed by atoms with Gasteiger partial charge in [-0.25, -0.2) is 0 Å². The van der Waals surface area contributed by atoms with Gasteiger partial charge in [0.15, 0.2) is 0 Å². The Hall–Kier alpha value is -0.530. The van der Waals surface area contributed by atoms with Crippen molar-refractivity contribution in [1.82, 2.24) is 0 Å². The van der Waals surface area contributed by atoms with Crippen LogP contribution in [0.4, 0.5) is 0 Å². The summed E-state index contributed by atoms with van der Waals surface area (Å²) >= 11 is 0. The average Bonchev–Trinajstić information content (AvgIpc) is 2.41. The summed E-state index contributed by atoms with van der Waals surface area (Å²) in [5.74, 6) is 1.86. The fraction of sp³-hybridized carbons (Fsp3) is 0.938. The van der Waals surface area contributed by atoms with E-state index in [9.17, 15) is 4.79 Å². The Morgan fingerprint density at radius 2 is 1.78 bits per heavy atom. The van der Waals surface area contributed by atoms with Crippen LogP contribution >= 0.6 is 0 Å². The second kappa shape index (κ2) is 6.58. The van der Waals surface area contributed by atoms with Crippen molar-refractivity contribution >= 4 is 5.97 Å². The van der Waals surface area contributed by atoms with Gasteiger partial charge in [0, 0.05) is 0 Å². The molecule has 0 N–H and O–H groups in total. The van der Waals surface area contributed by atoms with E-state index in [4.69, 9.17) is 4.74 Å². The number of hydrogen-bond acceptors (Lipinski definition) is 2. The summed E-state index contributed by atoms with van der Waals surface area (Å²) in [4.78, 5) is 11.9. The van der Waals surface area contributed by atoms with Crippen LogP contribution in [0.25, 0.3) is 0 Å². The van der Waals surface area contributed by atoms with Crippen LogP contribution in [0.5, 0.6) is 0 Å². The Bertz CT molecular complexity index is 266. The first-order chi connectivity index (χ1) is 8.74. The normalized spacial score (nSPS) is 37.3. The molecule has 2 heteroatoms. The first-order valence-corrected chi connectivity index (χ1v) is 7.95. The molecule has 0 aromatic carbocycles. The van der Waals surface area contributed by atoms with Crippen molar-refractivity contribution in [3.05, 3.63) is 0 Å². The molecule has 0 aromatic heterocycles. The van der Waals surface area contributed by atoms with Gasteiger partial charge in [-0.2, -0.15) is 0 Å². The highest BCUT2D eigenvalue weighted by Gasteiger charge is 2.35. The SMILES string of the molecule is CCCC1CCC(C2CCC(CC)CC2)OC1=O. The van der Waals surface area contributed by atoms with Gasteiger partial charge >= 0.3 is 5.97 Å². The van der Waals surface area contributed by atoms with Crippen LogP contribution in [0.15, 0.2) is 0 Å². The second-order valence-electron chi connectivity index (χ2n) is 6.23. The Morgan fingerprint density at radius 1 is 1.06 bits per heavy atom. The summed E-state index contributed by atoms with van der Waals surface area (Å²) < 4.78 is 5.72. The Balaban J connectivity index is 1.80. The molecule has 104 valence electrons. The van der Waals surface area contributed by atoms with E-state index in [1.165, 1.54) is 32.1 Å². The highest BCUT2D eigenvalue weighted by Crippen LogP contribution is 2.37. The molecule has 1 saturated carbocycles. The van der Waals surface area contributed by atoms with Gasteiger partial charge in [0.25, 0.3) is 0 Å². The molecule has 18 heavy (non-hydrogen) atoms. The van der Waals surface area contributed by atoms with Crippen molar-refractivity contribution in [2.45, 2.75) is 77.7 Å². The monoisotopic (exact) mass is 252 g/mol. The fourth-order valence-corrected chi connectivity index (χ4v) is 3.70. The van der Waals surface area contributed by atoms with E-state index in [0.717, 1.165) is 31.6 Å². The summed E-state index contributed by atoms with van der Waals surface area (Å²) in [5, 5.41) is 0. The number of hydrogen-bond donors (Lipinski definition) is 0. The summed E-state index contributed by atoms with van der Waals surface area (Å²) in [6, 6.07) is 0. The molecule has 0 spiro atoms. The third-order valence-corrected chi connectivity index (χ3v) is 5.03. The molecule has 0 amide bonds. The maximum Gasteiger partial charge on any atom is 0.309 e. The molecule has 1 heterocycles. The predicted octanol–water partition coefficient (Wildman–Crippen LogP) is 4.32. The zero-order chi connectivity index (χ0) is 13.0. The zero-order valence-corrected chi connectivity index (χ0v) is 12.0. The lowest BCUT2D eigenvalue weighted by atomic mass is 9.76. The molecule has 1 saturated heterocycles. The van der Waals surface area contributed by atoms with Gasteiger partial charge in [0.1, 0.15) is 6.10 Å². The van der Waals surface area contributed by atoms with E-state index in [0.29, 0.717) is 5.92 Å². The van der Waals surface area contributed by atoms with E-state index in [1.54, 1.807) is 0 Å². The fourth-order valence-electron chi connectivity index (χ4n) is 3.70. The van der Waals surface area contributed by atoms with Crippen LogP contribution in [0, 0.1) is 17.8 Å². The minimum absolute atomic E-state index is 0.0886. The maximum atomic E-state index is 11.9. The molecule has 1 aliphatic heterocycles. The standard InChI is InChI=1S/C16H28O2/c1-3-5-14-10-11-15(18-16(14)17)13-8-6-12(4-2)7-9-13/h12-15H,3-11H2,1-2H3. The van der Waals surface area contributed by atoms with Crippen LogP contribution in [-0.2, 0) is 9.53 Å². The van der Waals surface area contributed by atoms with Crippen molar-refractivity contribution in [1.29, 1.82) is 0 Å². The van der Waals surface area contributed by atoms with E-state index >= 15 is 0 Å². The molecule has 1 aliphatic carbocycles. The van der Waals surface area contributed by atoms with Crippen molar-refractivity contribution < 1.29 is 9.53 Å². The first-order valence-electron chi connectivity index (χ1n) is 7.95. The molecule has 2 unspecified atom stereocenters. The highest BCUT2D eigenvalue weighted by atomic mass is 16.5. The van der Waals surface area contributed by atoms with Crippen LogP contribution in [0.3, 0.4) is 0 Å². The molecule has 2 fully saturated rings. The highest BCUT2D eigenvalue weighted by molar-refractivity contribution is 5.73. The minimum Gasteiger partial charge on any atom is -0.462 e. The molecule has 2 atom stereocenters. The molecule has 0 bridgehead atoms. The summed E-state index contributed by atoms with van der Waals surface area (Å²) in [5.41, 5.74) is 0. The van der Waals surface area contributed by atoms with Crippen LogP contribution in [0.1, 0.15) is 71.6 Å². The summed E-state index contributed by atoms with van der Waals surface area (Å²) in [7, 11) is 0. The second-order valence-corrected chi connectivity index (χ2v) is 6.23. The number of ether oxygens (including phenoxy) is 1. The maximum absolute atomic E-state index is 11.9. The van der Waals surface area contributed by atoms with Crippen molar-refractivity contribution in [3.8, 4) is 0 Å². The van der Waals surface area contributed by atoms with Crippen LogP contribution in [-0.4, -0.2) is 12.1 Å². The number of cyclic esters (lactones) is 1. The summed E-state index contributed by atoms with van der Waals surface area (Å²) in [6.45, 7) is 4.44. The third-order valence-electron chi connectivity index (χ3n) is 5.03. The van der Waals surface area contributed by atoms with Gasteiger partial charge in [0.2, 0.25) is 0 Å². The lowest BCUT2D eigenvalue weighted by Gasteiger charge is -2.37. The topological polar surface area (TPSA) is 26.3 Å². The quantitative estimate of drug-likeness (QED) is 0.696. The Labute approximate surface area is 111 Å². The summed E-state index contributed by atoms with van der Waals surface area (Å²) in [6.07, 6.45) is 11.0. The molecule has 0 radical (unpaired) electrons. The minimum atomic E-state index is 0.0886. The van der Waals surface area contributed by atoms with Gasteiger partial charge in [-0.15, -0.1) is 0 Å². The molecule has 0 aromatic rings. The number of carbonyl (C=O) groups is 1. The molecule has 2 rings (SSSR count). The zero-order valence-electron chi connectivity index (χ0n) is 12.0. The molecular formula is C16H28O2. The van der Waals surface area contributed by atoms with Gasteiger partial charge in [-0.1, -0.05) is 39.5 Å². The van der Waals surface area contributed by atoms with E-state index < -0.39 is 0 Å². The number of esters is 1. The predicted molar refractivity (Wildman–Crippen MR) is 73.3 cm³/mol. The lowest BCUT2D eigenvalue weighted by Crippen LogP contribution is -2.37. The number of carbonyl (C=O) groups excluding carboxylic acids is 1. The first kappa shape index (κ1) is 13.9. The lowest BCUT2D eigenvalue weighted by molar-refractivity contribution is -0.165. The number of rotatable bonds is 4. The van der Waals surface area contributed by atoms with Gasteiger partial charge in [-0.3, -0.25) is 4.79 Å². The van der Waals surface area contributed by atoms with E-state index in [-0.39, 0.29) is 18.0 Å². The van der Waals surface area contributed by atoms with E-state index in [2.05, 4.69) is 13.8 Å². The van der Waals surface area contributed by atoms with Crippen molar-refractivity contribution in [3.63, 3.8) is 0 Å². The van der Waals surface area contributed by atoms with Crippen LogP contribution < -0.4 is 0 Å². The van der Waals surface area contributed by atoms with Crippen molar-refractivity contribution in [2.75, 3.05) is 0 Å². The smallest absolute Gasteiger partial charge is 0.309 e. The Kier molecular flexibility index (Phi) is 5.08. The van der Waals surface area contributed by atoms with Crippen molar-refractivity contribution in [2.24, 2.45) is 17.8 Å².